The molecule has 0 radical (unpaired) electrons. The van der Waals surface area contributed by atoms with Gasteiger partial charge in [0, 0.05) is 18.6 Å². The first-order chi connectivity index (χ1) is 7.63. The van der Waals surface area contributed by atoms with Crippen molar-refractivity contribution in [1.29, 1.82) is 0 Å². The van der Waals surface area contributed by atoms with Crippen molar-refractivity contribution in [1.82, 2.24) is 20.1 Å². The predicted octanol–water partition coefficient (Wildman–Crippen LogP) is -0.846. The number of nitrogens with zero attached hydrogens (tertiary/aromatic N) is 3. The summed E-state index contributed by atoms with van der Waals surface area (Å²) in [4.78, 5) is 21.9. The Hall–Kier alpha value is -1.81. The third-order valence-electron chi connectivity index (χ3n) is 1.46. The van der Waals surface area contributed by atoms with E-state index in [1.165, 1.54) is 7.11 Å². The van der Waals surface area contributed by atoms with Gasteiger partial charge in [0.2, 0.25) is 5.13 Å². The number of methoxy groups -OCH3 is 1. The van der Waals surface area contributed by atoms with E-state index in [9.17, 15) is 9.59 Å². The maximum atomic E-state index is 11.3. The zero-order chi connectivity index (χ0) is 12.0. The minimum atomic E-state index is -1.19. The van der Waals surface area contributed by atoms with Crippen molar-refractivity contribution >= 4 is 28.7 Å². The number of carbonyl (C=O) groups is 2. The lowest BCUT2D eigenvalue weighted by Gasteiger charge is -2.12. The highest BCUT2D eigenvalue weighted by Crippen LogP contribution is 2.03. The molecular formula is C6H9N5O4S. The molecule has 88 valence electrons. The lowest BCUT2D eigenvalue weighted by molar-refractivity contribution is -0.140. The van der Waals surface area contributed by atoms with Crippen LogP contribution in [0.4, 0.5) is 9.93 Å². The van der Waals surface area contributed by atoms with E-state index in [1.807, 2.05) is 0 Å². The minimum Gasteiger partial charge on any atom is -0.480 e. The summed E-state index contributed by atoms with van der Waals surface area (Å²) in [5, 5.41) is 20.1. The fourth-order valence-corrected chi connectivity index (χ4v) is 1.18. The van der Waals surface area contributed by atoms with Gasteiger partial charge in [0.05, 0.1) is 6.61 Å². The average molecular weight is 247 g/mol. The summed E-state index contributed by atoms with van der Waals surface area (Å²) < 4.78 is 8.06. The Morgan fingerprint density at radius 2 is 2.38 bits per heavy atom. The summed E-state index contributed by atoms with van der Waals surface area (Å²) in [6.45, 7) is -0.128. The number of hydrogen-bond donors (Lipinski definition) is 3. The van der Waals surface area contributed by atoms with E-state index in [0.717, 1.165) is 11.5 Å². The molecule has 0 fully saturated rings. The van der Waals surface area contributed by atoms with Crippen LogP contribution in [-0.2, 0) is 9.53 Å². The number of urea groups is 1. The molecule has 0 aromatic carbocycles. The molecule has 2 amide bonds. The van der Waals surface area contributed by atoms with Gasteiger partial charge in [0.15, 0.2) is 6.04 Å². The number of carboxylic acid groups (broad SMARTS) is 1. The second-order valence-corrected chi connectivity index (χ2v) is 3.34. The maximum absolute atomic E-state index is 11.3. The summed E-state index contributed by atoms with van der Waals surface area (Å²) >= 11 is 0.877. The van der Waals surface area contributed by atoms with Crippen molar-refractivity contribution in [2.24, 2.45) is 0 Å². The third-order valence-corrected chi connectivity index (χ3v) is 1.97. The average Bonchev–Trinajstić information content (AvgIpc) is 2.69. The second kappa shape index (κ2) is 5.92. The van der Waals surface area contributed by atoms with E-state index < -0.39 is 18.0 Å². The van der Waals surface area contributed by atoms with Crippen LogP contribution in [0.3, 0.4) is 0 Å². The summed E-state index contributed by atoms with van der Waals surface area (Å²) in [6, 6.07) is -1.83. The van der Waals surface area contributed by atoms with E-state index in [1.54, 1.807) is 0 Å². The zero-order valence-corrected chi connectivity index (χ0v) is 9.02. The molecule has 0 saturated carbocycles. The molecule has 0 aliphatic rings. The second-order valence-electron chi connectivity index (χ2n) is 2.61. The van der Waals surface area contributed by atoms with Crippen LogP contribution >= 0.6 is 11.5 Å². The SMILES string of the molecule is COCC(NC(=O)Nc1nnns1)C(=O)O. The van der Waals surface area contributed by atoms with Gasteiger partial charge in [-0.25, -0.2) is 9.59 Å². The van der Waals surface area contributed by atoms with Crippen molar-refractivity contribution in [3.05, 3.63) is 0 Å². The van der Waals surface area contributed by atoms with Crippen molar-refractivity contribution in [3.63, 3.8) is 0 Å². The molecule has 0 saturated heterocycles. The van der Waals surface area contributed by atoms with Crippen LogP contribution in [0.2, 0.25) is 0 Å². The summed E-state index contributed by atoms with van der Waals surface area (Å²) in [5.74, 6) is -1.19. The Morgan fingerprint density at radius 3 is 2.88 bits per heavy atom. The van der Waals surface area contributed by atoms with Gasteiger partial charge in [-0.15, -0.1) is 0 Å². The lowest BCUT2D eigenvalue weighted by Crippen LogP contribution is -2.45. The molecule has 0 aliphatic carbocycles. The number of carbonyl (C=O) groups excluding carboxylic acids is 1. The third kappa shape index (κ3) is 3.74. The van der Waals surface area contributed by atoms with Crippen molar-refractivity contribution in [3.8, 4) is 0 Å². The van der Waals surface area contributed by atoms with Crippen LogP contribution in [0, 0.1) is 0 Å². The van der Waals surface area contributed by atoms with Gasteiger partial charge in [0.25, 0.3) is 0 Å². The molecule has 10 heteroatoms. The van der Waals surface area contributed by atoms with E-state index in [4.69, 9.17) is 5.11 Å². The first kappa shape index (κ1) is 12.3. The Balaban J connectivity index is 2.45. The monoisotopic (exact) mass is 247 g/mol. The molecule has 16 heavy (non-hydrogen) atoms. The topological polar surface area (TPSA) is 126 Å². The number of hydrogen-bond acceptors (Lipinski definition) is 7. The highest BCUT2D eigenvalue weighted by atomic mass is 32.1. The first-order valence-electron chi connectivity index (χ1n) is 4.07. The largest absolute Gasteiger partial charge is 0.480 e. The number of aliphatic carboxylic acids is 1. The Labute approximate surface area is 94.0 Å². The molecular weight excluding hydrogens is 238 g/mol. The molecule has 1 aromatic rings. The number of anilines is 1. The van der Waals surface area contributed by atoms with Crippen molar-refractivity contribution in [2.45, 2.75) is 6.04 Å². The molecule has 9 nitrogen and oxygen atoms in total. The van der Waals surface area contributed by atoms with Gasteiger partial charge in [-0.05, 0) is 5.21 Å². The maximum Gasteiger partial charge on any atom is 0.328 e. The number of amides is 2. The zero-order valence-electron chi connectivity index (χ0n) is 8.21. The number of carboxylic acids is 1. The van der Waals surface area contributed by atoms with Crippen molar-refractivity contribution in [2.75, 3.05) is 19.0 Å². The van der Waals surface area contributed by atoms with Crippen LogP contribution in [-0.4, -0.2) is 51.7 Å². The van der Waals surface area contributed by atoms with E-state index in [-0.39, 0.29) is 11.7 Å². The molecule has 1 heterocycles. The minimum absolute atomic E-state index is 0.128. The number of rotatable bonds is 5. The predicted molar refractivity (Wildman–Crippen MR) is 53.2 cm³/mol. The molecule has 3 N–H and O–H groups in total. The first-order valence-corrected chi connectivity index (χ1v) is 4.85. The standard InChI is InChI=1S/C6H9N5O4S/c1-15-2-3(4(12)13)7-5(14)8-6-9-10-11-16-6/h3H,2H2,1H3,(H,12,13)(H2,7,8,9,11,14). The fourth-order valence-electron chi connectivity index (χ4n) is 0.815. The van der Waals surface area contributed by atoms with Crippen LogP contribution in [0.5, 0.6) is 0 Å². The normalized spacial score (nSPS) is 11.8. The highest BCUT2D eigenvalue weighted by molar-refractivity contribution is 7.09. The number of aromatic nitrogens is 3. The van der Waals surface area contributed by atoms with Crippen LogP contribution < -0.4 is 10.6 Å². The summed E-state index contributed by atoms with van der Waals surface area (Å²) in [6.07, 6.45) is 0. The summed E-state index contributed by atoms with van der Waals surface area (Å²) in [7, 11) is 1.34. The van der Waals surface area contributed by atoms with Crippen LogP contribution in [0.1, 0.15) is 0 Å². The van der Waals surface area contributed by atoms with E-state index in [0.29, 0.717) is 0 Å². The van der Waals surface area contributed by atoms with Gasteiger partial charge >= 0.3 is 12.0 Å². The Morgan fingerprint density at radius 1 is 1.62 bits per heavy atom. The van der Waals surface area contributed by atoms with Crippen molar-refractivity contribution < 1.29 is 19.4 Å². The van der Waals surface area contributed by atoms with Crippen LogP contribution in [0.15, 0.2) is 0 Å². The van der Waals surface area contributed by atoms with Gasteiger partial charge in [0.1, 0.15) is 0 Å². The lowest BCUT2D eigenvalue weighted by atomic mass is 10.3. The Bertz CT molecular complexity index is 356. The molecule has 1 aromatic heterocycles. The Kier molecular flexibility index (Phi) is 4.54. The molecule has 1 rings (SSSR count). The molecule has 0 bridgehead atoms. The fraction of sp³-hybridized carbons (Fsp3) is 0.500. The van der Waals surface area contributed by atoms with E-state index in [2.05, 4.69) is 30.2 Å². The van der Waals surface area contributed by atoms with Gasteiger partial charge in [-0.1, -0.05) is 9.59 Å². The highest BCUT2D eigenvalue weighted by Gasteiger charge is 2.20. The van der Waals surface area contributed by atoms with Gasteiger partial charge in [-0.2, -0.15) is 0 Å². The number of ether oxygens (including phenoxy) is 1. The number of nitrogens with one attached hydrogen (secondary N) is 2. The molecule has 1 atom stereocenters. The summed E-state index contributed by atoms with van der Waals surface area (Å²) in [5.41, 5.74) is 0. The molecule has 0 spiro atoms. The molecule has 1 unspecified atom stereocenters. The van der Waals surface area contributed by atoms with Gasteiger partial charge in [-0.3, -0.25) is 5.32 Å². The molecule has 0 aliphatic heterocycles. The van der Waals surface area contributed by atoms with Gasteiger partial charge < -0.3 is 15.2 Å². The quantitative estimate of drug-likeness (QED) is 0.618. The van der Waals surface area contributed by atoms with Crippen LogP contribution in [0.25, 0.3) is 0 Å². The van der Waals surface area contributed by atoms with E-state index >= 15 is 0 Å². The smallest absolute Gasteiger partial charge is 0.328 e.